The normalized spacial score (nSPS) is 21.0. The third-order valence-electron chi connectivity index (χ3n) is 12.0. The van der Waals surface area contributed by atoms with Crippen molar-refractivity contribution in [2.75, 3.05) is 81.4 Å². The van der Waals surface area contributed by atoms with E-state index in [9.17, 15) is 38.4 Å². The van der Waals surface area contributed by atoms with Crippen LogP contribution in [0.1, 0.15) is 107 Å². The van der Waals surface area contributed by atoms with Crippen molar-refractivity contribution in [3.05, 3.63) is 23.8 Å². The molecular formula is C46H71N9O12S2. The molecular weight excluding hydrogens is 935 g/mol. The van der Waals surface area contributed by atoms with Gasteiger partial charge in [0, 0.05) is 84.3 Å². The average molecular weight is 1010 g/mol. The first-order valence-electron chi connectivity index (χ1n) is 24.3. The summed E-state index contributed by atoms with van der Waals surface area (Å²) >= 11 is 3.72. The number of carboxylic acid groups (broad SMARTS) is 1. The lowest BCUT2D eigenvalue weighted by molar-refractivity contribution is -0.138. The maximum atomic E-state index is 13.2. The quantitative estimate of drug-likeness (QED) is 0.0346. The molecule has 0 aliphatic carbocycles. The van der Waals surface area contributed by atoms with Gasteiger partial charge in [0.1, 0.15) is 0 Å². The van der Waals surface area contributed by atoms with E-state index in [1.165, 1.54) is 12.1 Å². The number of unbranched alkanes of at least 4 members (excludes halogenated alkanes) is 4. The van der Waals surface area contributed by atoms with Crippen molar-refractivity contribution < 1.29 is 57.7 Å². The molecule has 0 saturated carbocycles. The van der Waals surface area contributed by atoms with Crippen molar-refractivity contribution in [2.45, 2.75) is 131 Å². The van der Waals surface area contributed by atoms with Crippen LogP contribution in [0.15, 0.2) is 18.2 Å². The molecule has 4 aliphatic rings. The van der Waals surface area contributed by atoms with Crippen molar-refractivity contribution >= 4 is 82.5 Å². The Hall–Kier alpha value is -4.84. The number of urea groups is 2. The van der Waals surface area contributed by atoms with Crippen LogP contribution in [0.5, 0.6) is 0 Å². The highest BCUT2D eigenvalue weighted by molar-refractivity contribution is 8.00. The Labute approximate surface area is 412 Å². The van der Waals surface area contributed by atoms with E-state index >= 15 is 0 Å². The molecule has 0 aromatic heterocycles. The molecule has 6 atom stereocenters. The number of fused-ring (bicyclic) bond motifs is 2. The number of anilines is 2. The van der Waals surface area contributed by atoms with Gasteiger partial charge in [0.15, 0.2) is 0 Å². The Kier molecular flexibility index (Phi) is 24.5. The molecule has 69 heavy (non-hydrogen) atoms. The van der Waals surface area contributed by atoms with Crippen LogP contribution in [-0.4, -0.2) is 158 Å². The van der Waals surface area contributed by atoms with Crippen molar-refractivity contribution in [2.24, 2.45) is 0 Å². The summed E-state index contributed by atoms with van der Waals surface area (Å²) in [6.45, 7) is 2.49. The fourth-order valence-corrected chi connectivity index (χ4v) is 11.5. The third-order valence-corrected chi connectivity index (χ3v) is 15.0. The fourth-order valence-electron chi connectivity index (χ4n) is 8.39. The molecule has 1 aromatic carbocycles. The standard InChI is InChI=1S/C46H71N9O12S2/c56-37(11-3-1-9-35-42-33(28-68-35)52-45(63)54-42)47-16-7-5-13-39(58)50-31-25-30(44(62)49-18-20-66-22-24-67-23-21-65-19-15-41(60)61)26-32(27-31)51-40(59)14-6-8-17-48-38(57)12-4-2-10-36-43-34(29-69-36)53-46(64)55-43/h25-27,33-36,42-43H,1-24,28-29H2,(H,47,56)(H,48,57)(H,49,62)(H,50,58)(H,51,59)(H,60,61)(H2,52,54,63)(H2,53,55,64)/t33-,34-,35-,36-,42-,43-/m0/s1. The van der Waals surface area contributed by atoms with E-state index in [2.05, 4.69) is 47.9 Å². The topological polar surface area (TPSA) is 293 Å². The van der Waals surface area contributed by atoms with Crippen LogP contribution in [0.2, 0.25) is 0 Å². The lowest BCUT2D eigenvalue weighted by Gasteiger charge is -2.16. The second-order valence-electron chi connectivity index (χ2n) is 17.5. The molecule has 21 nitrogen and oxygen atoms in total. The Balaban J connectivity index is 0.970. The molecule has 0 unspecified atom stereocenters. The largest absolute Gasteiger partial charge is 0.481 e. The van der Waals surface area contributed by atoms with Gasteiger partial charge in [0.2, 0.25) is 23.6 Å². The monoisotopic (exact) mass is 1010 g/mol. The van der Waals surface area contributed by atoms with E-state index in [-0.39, 0.29) is 131 Å². The number of carboxylic acids is 1. The fraction of sp³-hybridized carbons (Fsp3) is 0.696. The van der Waals surface area contributed by atoms with Gasteiger partial charge in [0.25, 0.3) is 5.91 Å². The van der Waals surface area contributed by atoms with Gasteiger partial charge in [-0.15, -0.1) is 0 Å². The first-order chi connectivity index (χ1) is 33.4. The van der Waals surface area contributed by atoms with Gasteiger partial charge >= 0.3 is 18.0 Å². The van der Waals surface area contributed by atoms with Crippen molar-refractivity contribution in [3.63, 3.8) is 0 Å². The van der Waals surface area contributed by atoms with Crippen LogP contribution in [-0.2, 0) is 38.2 Å². The molecule has 5 rings (SSSR count). The minimum atomic E-state index is -0.930. The molecule has 4 heterocycles. The summed E-state index contributed by atoms with van der Waals surface area (Å²) in [7, 11) is 0. The summed E-state index contributed by atoms with van der Waals surface area (Å²) in [5, 5.41) is 35.5. The molecule has 10 N–H and O–H groups in total. The summed E-state index contributed by atoms with van der Waals surface area (Å²) in [5.41, 5.74) is 0.860. The number of hydrogen-bond donors (Lipinski definition) is 10. The highest BCUT2D eigenvalue weighted by Gasteiger charge is 2.43. The van der Waals surface area contributed by atoms with Crippen LogP contribution in [0.3, 0.4) is 0 Å². The molecule has 1 aromatic rings. The van der Waals surface area contributed by atoms with E-state index in [1.54, 1.807) is 6.07 Å². The molecule has 4 saturated heterocycles. The zero-order chi connectivity index (χ0) is 49.2. The molecule has 0 radical (unpaired) electrons. The summed E-state index contributed by atoms with van der Waals surface area (Å²) in [6, 6.07) is 5.11. The number of aliphatic carboxylic acids is 1. The number of carbonyl (C=O) groups excluding carboxylic acids is 7. The Morgan fingerprint density at radius 1 is 0.522 bits per heavy atom. The molecule has 384 valence electrons. The molecule has 0 spiro atoms. The zero-order valence-electron chi connectivity index (χ0n) is 39.3. The van der Waals surface area contributed by atoms with Crippen LogP contribution < -0.4 is 47.9 Å². The van der Waals surface area contributed by atoms with Crippen LogP contribution >= 0.6 is 23.5 Å². The van der Waals surface area contributed by atoms with Gasteiger partial charge < -0.3 is 67.2 Å². The van der Waals surface area contributed by atoms with E-state index in [0.717, 1.165) is 50.0 Å². The zero-order valence-corrected chi connectivity index (χ0v) is 41.0. The summed E-state index contributed by atoms with van der Waals surface area (Å²) < 4.78 is 16.1. The highest BCUT2D eigenvalue weighted by Crippen LogP contribution is 2.34. The van der Waals surface area contributed by atoms with Gasteiger partial charge in [-0.05, 0) is 69.6 Å². The first kappa shape index (κ1) is 55.1. The minimum absolute atomic E-state index is 0.0340. The smallest absolute Gasteiger partial charge is 0.315 e. The van der Waals surface area contributed by atoms with Gasteiger partial charge in [-0.25, -0.2) is 9.59 Å². The van der Waals surface area contributed by atoms with Crippen molar-refractivity contribution in [1.82, 2.24) is 37.2 Å². The maximum Gasteiger partial charge on any atom is 0.315 e. The molecule has 0 bridgehead atoms. The summed E-state index contributed by atoms with van der Waals surface area (Å²) in [5.74, 6) is -0.204. The molecule has 4 fully saturated rings. The Morgan fingerprint density at radius 2 is 0.971 bits per heavy atom. The summed E-state index contributed by atoms with van der Waals surface area (Å²) in [6.07, 6.45) is 8.54. The van der Waals surface area contributed by atoms with Crippen LogP contribution in [0, 0.1) is 0 Å². The average Bonchev–Trinajstić information content (AvgIpc) is 4.08. The Bertz CT molecular complexity index is 1780. The first-order valence-corrected chi connectivity index (χ1v) is 26.4. The van der Waals surface area contributed by atoms with Crippen molar-refractivity contribution in [3.8, 4) is 0 Å². The van der Waals surface area contributed by atoms with Gasteiger partial charge in [0.05, 0.1) is 70.2 Å². The Morgan fingerprint density at radius 3 is 1.46 bits per heavy atom. The van der Waals surface area contributed by atoms with E-state index in [4.69, 9.17) is 19.3 Å². The predicted octanol–water partition coefficient (Wildman–Crippen LogP) is 2.84. The number of thioether (sulfide) groups is 2. The number of ether oxygens (including phenoxy) is 3. The molecule has 4 aliphatic heterocycles. The van der Waals surface area contributed by atoms with Gasteiger partial charge in [-0.2, -0.15) is 23.5 Å². The molecule has 23 heteroatoms. The van der Waals surface area contributed by atoms with E-state index in [0.29, 0.717) is 73.5 Å². The van der Waals surface area contributed by atoms with E-state index < -0.39 is 11.9 Å². The molecule has 9 amide bonds. The predicted molar refractivity (Wildman–Crippen MR) is 262 cm³/mol. The lowest BCUT2D eigenvalue weighted by Crippen LogP contribution is -2.36. The number of carbonyl (C=O) groups is 8. The summed E-state index contributed by atoms with van der Waals surface area (Å²) in [4.78, 5) is 97.9. The highest BCUT2D eigenvalue weighted by atomic mass is 32.2. The number of amides is 9. The van der Waals surface area contributed by atoms with Crippen LogP contribution in [0.25, 0.3) is 0 Å². The lowest BCUT2D eigenvalue weighted by atomic mass is 10.0. The van der Waals surface area contributed by atoms with Gasteiger partial charge in [-0.1, -0.05) is 12.8 Å². The number of nitrogens with one attached hydrogen (secondary N) is 9. The SMILES string of the molecule is O=C(O)CCOCCOCCOCCNC(=O)c1cc(NC(=O)CCCCNC(=O)CCCC[C@@H]2SC[C@@H]3NC(=O)N[C@@H]32)cc(NC(=O)CCCCNC(=O)CCCC[C@@H]2SC[C@@H]3NC(=O)N[C@@H]32)c1. The number of benzene rings is 1. The third kappa shape index (κ3) is 21.0. The van der Waals surface area contributed by atoms with Gasteiger partial charge in [-0.3, -0.25) is 28.8 Å². The minimum Gasteiger partial charge on any atom is -0.481 e. The number of hydrogen-bond acceptors (Lipinski definition) is 13. The van der Waals surface area contributed by atoms with Crippen molar-refractivity contribution in [1.29, 1.82) is 0 Å². The maximum absolute atomic E-state index is 13.2. The van der Waals surface area contributed by atoms with Crippen LogP contribution in [0.4, 0.5) is 21.0 Å². The number of rotatable bonds is 35. The second kappa shape index (κ2) is 30.7. The second-order valence-corrected chi connectivity index (χ2v) is 20.0. The van der Waals surface area contributed by atoms with E-state index in [1.807, 2.05) is 23.5 Å².